The number of methoxy groups -OCH3 is 1. The second-order valence-corrected chi connectivity index (χ2v) is 10.0. The van der Waals surface area contributed by atoms with E-state index in [0.29, 0.717) is 59.7 Å². The average molecular weight is 510 g/mol. The third-order valence-corrected chi connectivity index (χ3v) is 7.79. The highest BCUT2D eigenvalue weighted by molar-refractivity contribution is 8.00. The quantitative estimate of drug-likeness (QED) is 0.393. The van der Waals surface area contributed by atoms with Gasteiger partial charge in [0.2, 0.25) is 11.8 Å². The molecule has 3 aromatic heterocycles. The zero-order valence-corrected chi connectivity index (χ0v) is 20.5. The minimum Gasteiger partial charge on any atom is -0.481 e. The number of carbonyl (C=O) groups is 2. The Morgan fingerprint density at radius 3 is 2.72 bits per heavy atom. The smallest absolute Gasteiger partial charge is 0.270 e. The number of pyridine rings is 3. The van der Waals surface area contributed by atoms with Crippen LogP contribution >= 0.6 is 11.8 Å². The van der Waals surface area contributed by atoms with Crippen LogP contribution in [0.4, 0.5) is 5.82 Å². The Bertz CT molecular complexity index is 1300. The van der Waals surface area contributed by atoms with Crippen molar-refractivity contribution in [2.24, 2.45) is 5.92 Å². The van der Waals surface area contributed by atoms with Gasteiger partial charge in [0.15, 0.2) is 0 Å². The van der Waals surface area contributed by atoms with E-state index in [9.17, 15) is 19.8 Å². The highest BCUT2D eigenvalue weighted by Crippen LogP contribution is 2.35. The van der Waals surface area contributed by atoms with Crippen LogP contribution in [0.1, 0.15) is 47.8 Å². The van der Waals surface area contributed by atoms with E-state index in [-0.39, 0.29) is 29.5 Å². The van der Waals surface area contributed by atoms with E-state index in [2.05, 4.69) is 25.6 Å². The molecule has 4 N–H and O–H groups in total. The summed E-state index contributed by atoms with van der Waals surface area (Å²) in [6.45, 7) is 0. The predicted molar refractivity (Wildman–Crippen MR) is 134 cm³/mol. The van der Waals surface area contributed by atoms with Crippen molar-refractivity contribution in [3.8, 4) is 5.88 Å². The lowest BCUT2D eigenvalue weighted by Crippen LogP contribution is -2.40. The minimum absolute atomic E-state index is 0.0624. The number of hydrogen-bond donors (Lipinski definition) is 4. The van der Waals surface area contributed by atoms with Crippen LogP contribution in [-0.2, 0) is 4.79 Å². The summed E-state index contributed by atoms with van der Waals surface area (Å²) in [7, 11) is 1.52. The van der Waals surface area contributed by atoms with Crippen LogP contribution < -0.4 is 15.4 Å². The molecule has 0 aromatic carbocycles. The highest BCUT2D eigenvalue weighted by atomic mass is 32.2. The first-order valence-electron chi connectivity index (χ1n) is 11.8. The zero-order valence-electron chi connectivity index (χ0n) is 19.7. The molecule has 4 heterocycles. The Hall–Kier alpha value is -3.28. The molecule has 5 rings (SSSR count). The first-order valence-corrected chi connectivity index (χ1v) is 12.8. The van der Waals surface area contributed by atoms with Crippen LogP contribution in [0.3, 0.4) is 0 Å². The summed E-state index contributed by atoms with van der Waals surface area (Å²) >= 11 is 1.39. The zero-order chi connectivity index (χ0) is 25.2. The minimum atomic E-state index is -1.13. The standard InChI is InChI=1S/C25H27N5O5S/c1-35-20-9-7-16-21(30-20)15(10-11-26-16)23(33)22(32)13-2-4-14(5-3-13)27-25(34)17-6-8-18-24(28-17)29-19(31)12-36-18/h6-11,13-14,22-23,32-33H,2-5,12H2,1H3,(H,27,34)(H,28,29,31)/t13?,14?,22-,23-/m1/s1. The van der Waals surface area contributed by atoms with Crippen molar-refractivity contribution in [1.82, 2.24) is 20.3 Å². The number of aliphatic hydroxyl groups is 2. The molecule has 2 aliphatic rings. The Morgan fingerprint density at radius 2 is 1.94 bits per heavy atom. The number of ether oxygens (including phenoxy) is 1. The van der Waals surface area contributed by atoms with Gasteiger partial charge >= 0.3 is 0 Å². The van der Waals surface area contributed by atoms with E-state index >= 15 is 0 Å². The van der Waals surface area contributed by atoms with Gasteiger partial charge in [-0.2, -0.15) is 0 Å². The van der Waals surface area contributed by atoms with Crippen LogP contribution in [0.2, 0.25) is 0 Å². The van der Waals surface area contributed by atoms with Crippen LogP contribution in [0, 0.1) is 5.92 Å². The van der Waals surface area contributed by atoms with E-state index in [1.54, 1.807) is 36.5 Å². The van der Waals surface area contributed by atoms with Gasteiger partial charge in [0.1, 0.15) is 17.6 Å². The van der Waals surface area contributed by atoms with E-state index in [0.717, 1.165) is 4.90 Å². The van der Waals surface area contributed by atoms with E-state index in [4.69, 9.17) is 4.74 Å². The summed E-state index contributed by atoms with van der Waals surface area (Å²) in [5, 5.41) is 27.7. The highest BCUT2D eigenvalue weighted by Gasteiger charge is 2.33. The number of carbonyl (C=O) groups excluding carboxylic acids is 2. The molecule has 36 heavy (non-hydrogen) atoms. The van der Waals surface area contributed by atoms with Gasteiger partial charge in [-0.25, -0.2) is 9.97 Å². The first kappa shape index (κ1) is 24.4. The molecule has 11 heteroatoms. The van der Waals surface area contributed by atoms with Crippen LogP contribution in [0.25, 0.3) is 11.0 Å². The van der Waals surface area contributed by atoms with Crippen molar-refractivity contribution in [1.29, 1.82) is 0 Å². The number of nitrogens with zero attached hydrogens (tertiary/aromatic N) is 3. The predicted octanol–water partition coefficient (Wildman–Crippen LogP) is 2.46. The third kappa shape index (κ3) is 4.99. The normalized spacial score (nSPS) is 21.2. The molecule has 0 radical (unpaired) electrons. The average Bonchev–Trinajstić information content (AvgIpc) is 2.91. The number of aromatic nitrogens is 3. The molecule has 0 saturated heterocycles. The Kier molecular flexibility index (Phi) is 7.04. The molecule has 2 amide bonds. The number of thioether (sulfide) groups is 1. The summed E-state index contributed by atoms with van der Waals surface area (Å²) in [6, 6.07) is 8.53. The Balaban J connectivity index is 1.20. The third-order valence-electron chi connectivity index (χ3n) is 6.74. The van der Waals surface area contributed by atoms with Gasteiger partial charge in [-0.1, -0.05) is 0 Å². The molecule has 2 atom stereocenters. The van der Waals surface area contributed by atoms with Gasteiger partial charge in [0.05, 0.1) is 34.9 Å². The van der Waals surface area contributed by atoms with Crippen molar-refractivity contribution in [2.45, 2.75) is 48.8 Å². The van der Waals surface area contributed by atoms with Crippen molar-refractivity contribution in [2.75, 3.05) is 18.2 Å². The second-order valence-electron chi connectivity index (χ2n) is 9.02. The lowest BCUT2D eigenvalue weighted by molar-refractivity contribution is -0.113. The number of aliphatic hydroxyl groups excluding tert-OH is 2. The van der Waals surface area contributed by atoms with Gasteiger partial charge in [-0.15, -0.1) is 11.8 Å². The SMILES string of the molecule is COc1ccc2nccc([C@@H](O)[C@H](O)C3CCC(NC(=O)c4ccc5c(n4)NC(=O)CS5)CC3)c2n1. The maximum absolute atomic E-state index is 12.8. The van der Waals surface area contributed by atoms with E-state index in [1.165, 1.54) is 18.9 Å². The molecule has 0 spiro atoms. The Morgan fingerprint density at radius 1 is 1.14 bits per heavy atom. The molecular formula is C25H27N5O5S. The topological polar surface area (TPSA) is 147 Å². The number of nitrogens with one attached hydrogen (secondary N) is 2. The molecular weight excluding hydrogens is 482 g/mol. The van der Waals surface area contributed by atoms with Gasteiger partial charge in [-0.3, -0.25) is 14.6 Å². The first-order chi connectivity index (χ1) is 17.4. The van der Waals surface area contributed by atoms with E-state index < -0.39 is 12.2 Å². The Labute approximate surface area is 211 Å². The van der Waals surface area contributed by atoms with Crippen LogP contribution in [0.5, 0.6) is 5.88 Å². The molecule has 1 aliphatic heterocycles. The van der Waals surface area contributed by atoms with Crippen molar-refractivity contribution < 1.29 is 24.5 Å². The van der Waals surface area contributed by atoms with Gasteiger partial charge in [-0.05, 0) is 55.9 Å². The summed E-state index contributed by atoms with van der Waals surface area (Å²) < 4.78 is 5.20. The van der Waals surface area contributed by atoms with Gasteiger partial charge < -0.3 is 25.6 Å². The molecule has 1 aliphatic carbocycles. The van der Waals surface area contributed by atoms with Crippen molar-refractivity contribution in [3.63, 3.8) is 0 Å². The summed E-state index contributed by atoms with van der Waals surface area (Å²) in [6.07, 6.45) is 2.11. The monoisotopic (exact) mass is 509 g/mol. The largest absolute Gasteiger partial charge is 0.481 e. The maximum Gasteiger partial charge on any atom is 0.270 e. The lowest BCUT2D eigenvalue weighted by Gasteiger charge is -2.34. The van der Waals surface area contributed by atoms with Crippen molar-refractivity contribution in [3.05, 3.63) is 47.8 Å². The fourth-order valence-electron chi connectivity index (χ4n) is 4.78. The number of hydrogen-bond acceptors (Lipinski definition) is 9. The molecule has 0 unspecified atom stereocenters. The molecule has 1 saturated carbocycles. The summed E-state index contributed by atoms with van der Waals surface area (Å²) in [5.74, 6) is 0.605. The number of fused-ring (bicyclic) bond motifs is 2. The fourth-order valence-corrected chi connectivity index (χ4v) is 5.53. The van der Waals surface area contributed by atoms with Gasteiger partial charge in [0.25, 0.3) is 5.91 Å². The maximum atomic E-state index is 12.8. The molecule has 1 fully saturated rings. The number of anilines is 1. The fraction of sp³-hybridized carbons (Fsp3) is 0.400. The molecule has 3 aromatic rings. The summed E-state index contributed by atoms with van der Waals surface area (Å²) in [4.78, 5) is 38.2. The number of amides is 2. The van der Waals surface area contributed by atoms with Crippen LogP contribution in [0.15, 0.2) is 41.4 Å². The van der Waals surface area contributed by atoms with E-state index in [1.807, 2.05) is 0 Å². The van der Waals surface area contributed by atoms with Gasteiger partial charge in [0, 0.05) is 23.9 Å². The molecule has 0 bridgehead atoms. The van der Waals surface area contributed by atoms with Crippen molar-refractivity contribution >= 4 is 40.4 Å². The summed E-state index contributed by atoms with van der Waals surface area (Å²) in [5.41, 5.74) is 1.86. The number of rotatable bonds is 6. The second kappa shape index (κ2) is 10.4. The van der Waals surface area contributed by atoms with Crippen LogP contribution in [-0.4, -0.2) is 62.0 Å². The molecule has 10 nitrogen and oxygen atoms in total. The lowest BCUT2D eigenvalue weighted by atomic mass is 9.80. The molecule has 188 valence electrons.